The van der Waals surface area contributed by atoms with Crippen molar-refractivity contribution < 1.29 is 13.7 Å². The van der Waals surface area contributed by atoms with Gasteiger partial charge in [-0.1, -0.05) is 15.9 Å². The van der Waals surface area contributed by atoms with Crippen LogP contribution in [0.4, 0.5) is 4.39 Å². The first-order valence-electron chi connectivity index (χ1n) is 7.70. The molecule has 0 unspecified atom stereocenters. The number of hydrogen-bond donors (Lipinski definition) is 0. The van der Waals surface area contributed by atoms with Crippen LogP contribution in [0.5, 0.6) is 5.75 Å². The van der Waals surface area contributed by atoms with E-state index in [-0.39, 0.29) is 5.82 Å². The molecular weight excluding hydrogens is 371 g/mol. The lowest BCUT2D eigenvalue weighted by Crippen LogP contribution is -2.39. The first-order valence-corrected chi connectivity index (χ1v) is 9.29. The second kappa shape index (κ2) is 8.40. The van der Waals surface area contributed by atoms with E-state index in [2.05, 4.69) is 31.6 Å². The van der Waals surface area contributed by atoms with Crippen LogP contribution in [-0.2, 0) is 6.54 Å². The fourth-order valence-electron chi connectivity index (χ4n) is 2.72. The number of nitrogens with zero attached hydrogens (tertiary/aromatic N) is 2. The molecule has 0 spiro atoms. The van der Waals surface area contributed by atoms with E-state index in [0.29, 0.717) is 0 Å². The summed E-state index contributed by atoms with van der Waals surface area (Å²) in [7, 11) is 5.75. The maximum atomic E-state index is 13.7. The van der Waals surface area contributed by atoms with Gasteiger partial charge in [-0.15, -0.1) is 0 Å². The van der Waals surface area contributed by atoms with E-state index in [0.717, 1.165) is 40.5 Å². The molecule has 3 nitrogen and oxygen atoms in total. The minimum absolute atomic E-state index is 0.213. The Hall–Kier alpha value is -1.72. The molecule has 0 aliphatic carbocycles. The Kier molecular flexibility index (Phi) is 6.52. The lowest BCUT2D eigenvalue weighted by Gasteiger charge is -2.10. The second-order valence-electron chi connectivity index (χ2n) is 5.74. The van der Waals surface area contributed by atoms with Crippen molar-refractivity contribution in [2.45, 2.75) is 6.54 Å². The van der Waals surface area contributed by atoms with Crippen molar-refractivity contribution in [2.24, 2.45) is 0 Å². The highest BCUT2D eigenvalue weighted by Crippen LogP contribution is 2.26. The van der Waals surface area contributed by atoms with Crippen molar-refractivity contribution >= 4 is 37.6 Å². The summed E-state index contributed by atoms with van der Waals surface area (Å²) in [5.74, 6) is 2.41. The highest BCUT2D eigenvalue weighted by Gasteiger charge is 2.15. The quantitative estimate of drug-likeness (QED) is 0.378. The summed E-state index contributed by atoms with van der Waals surface area (Å²) >= 11 is 2.94. The number of hydrogen-bond acceptors (Lipinski definition) is 2. The third-order valence-electron chi connectivity index (χ3n) is 3.90. The molecule has 0 radical (unpaired) electrons. The third-order valence-corrected chi connectivity index (χ3v) is 3.90. The average molecular weight is 394 g/mol. The van der Waals surface area contributed by atoms with Gasteiger partial charge in [-0.25, -0.2) is 4.39 Å². The molecular formula is C19H23BrFN2O+. The van der Waals surface area contributed by atoms with E-state index in [4.69, 9.17) is 4.74 Å². The number of benzene rings is 2. The van der Waals surface area contributed by atoms with Gasteiger partial charge in [0.15, 0.2) is 12.7 Å². The number of methoxy groups -OCH3 is 1. The van der Waals surface area contributed by atoms with Gasteiger partial charge in [-0.3, -0.25) is 0 Å². The molecule has 0 fully saturated rings. The summed E-state index contributed by atoms with van der Waals surface area (Å²) < 4.78 is 21.2. The Morgan fingerprint density at radius 3 is 2.50 bits per heavy atom. The smallest absolute Gasteiger partial charge is 0.213 e. The first-order chi connectivity index (χ1) is 11.6. The molecule has 128 valence electrons. The number of rotatable bonds is 4. The van der Waals surface area contributed by atoms with Crippen molar-refractivity contribution in [3.63, 3.8) is 0 Å². The molecule has 0 bridgehead atoms. The van der Waals surface area contributed by atoms with Crippen LogP contribution in [0.15, 0.2) is 42.6 Å². The van der Waals surface area contributed by atoms with Gasteiger partial charge in [0.05, 0.1) is 24.4 Å². The number of likely N-dealkylation sites (N-methyl/N-ethyl adjacent to an activating group) is 1. The van der Waals surface area contributed by atoms with Crippen LogP contribution in [0.3, 0.4) is 0 Å². The molecule has 0 saturated carbocycles. The summed E-state index contributed by atoms with van der Waals surface area (Å²) in [4.78, 5) is 2.14. The fourth-order valence-corrected chi connectivity index (χ4v) is 2.72. The average Bonchev–Trinajstić information content (AvgIpc) is 2.60. The van der Waals surface area contributed by atoms with Crippen LogP contribution in [0, 0.1) is 5.82 Å². The molecule has 0 atom stereocenters. The number of fused-ring (bicyclic) bond motifs is 3. The number of aromatic nitrogens is 1. The SMILES string of the molecule is CBr.COc1ccc2c(c1)c[n+](CCN(C)C)c1ccc(F)cc21. The van der Waals surface area contributed by atoms with E-state index in [1.54, 1.807) is 13.2 Å². The highest BCUT2D eigenvalue weighted by atomic mass is 79.9. The minimum atomic E-state index is -0.213. The molecule has 0 aliphatic heterocycles. The standard InChI is InChI=1S/C18H20FN2O.CH3Br/c1-20(2)8-9-21-12-13-10-15(22-3)5-6-16(13)17-11-14(19)4-7-18(17)21;1-2/h4-7,10-12H,8-9H2,1-3H3;1H3/q+1;. The molecule has 1 aromatic heterocycles. The van der Waals surface area contributed by atoms with Gasteiger partial charge in [-0.2, -0.15) is 4.57 Å². The molecule has 1 heterocycles. The zero-order valence-corrected chi connectivity index (χ0v) is 16.1. The lowest BCUT2D eigenvalue weighted by molar-refractivity contribution is -0.669. The normalized spacial score (nSPS) is 10.8. The van der Waals surface area contributed by atoms with E-state index >= 15 is 0 Å². The van der Waals surface area contributed by atoms with Crippen LogP contribution in [-0.4, -0.2) is 38.5 Å². The lowest BCUT2D eigenvalue weighted by atomic mass is 10.1. The maximum absolute atomic E-state index is 13.7. The molecule has 0 saturated heterocycles. The third kappa shape index (κ3) is 4.02. The van der Waals surface area contributed by atoms with Crippen molar-refractivity contribution in [3.8, 4) is 5.75 Å². The minimum Gasteiger partial charge on any atom is -0.497 e. The van der Waals surface area contributed by atoms with Gasteiger partial charge < -0.3 is 9.64 Å². The summed E-state index contributed by atoms with van der Waals surface area (Å²) in [6.45, 7) is 1.77. The number of alkyl halides is 1. The van der Waals surface area contributed by atoms with Gasteiger partial charge >= 0.3 is 0 Å². The van der Waals surface area contributed by atoms with E-state index in [9.17, 15) is 4.39 Å². The molecule has 2 aromatic carbocycles. The summed E-state index contributed by atoms with van der Waals surface area (Å²) in [5.41, 5.74) is 1.04. The Balaban J connectivity index is 0.00000100. The van der Waals surface area contributed by atoms with Crippen LogP contribution < -0.4 is 9.30 Å². The molecule has 3 rings (SSSR count). The zero-order chi connectivity index (χ0) is 17.7. The monoisotopic (exact) mass is 393 g/mol. The molecule has 0 N–H and O–H groups in total. The first kappa shape index (κ1) is 18.6. The molecule has 5 heteroatoms. The van der Waals surface area contributed by atoms with E-state index in [1.807, 2.05) is 44.2 Å². The van der Waals surface area contributed by atoms with Gasteiger partial charge in [0.25, 0.3) is 0 Å². The van der Waals surface area contributed by atoms with Crippen molar-refractivity contribution in [3.05, 3.63) is 48.4 Å². The predicted octanol–water partition coefficient (Wildman–Crippen LogP) is 4.00. The number of ether oxygens (including phenoxy) is 1. The Morgan fingerprint density at radius 1 is 1.08 bits per heavy atom. The van der Waals surface area contributed by atoms with Crippen LogP contribution >= 0.6 is 15.9 Å². The van der Waals surface area contributed by atoms with E-state index in [1.165, 1.54) is 6.07 Å². The number of pyridine rings is 1. The number of halogens is 2. The van der Waals surface area contributed by atoms with Crippen LogP contribution in [0.25, 0.3) is 21.7 Å². The maximum Gasteiger partial charge on any atom is 0.213 e. The molecule has 0 amide bonds. The zero-order valence-electron chi connectivity index (χ0n) is 14.5. The van der Waals surface area contributed by atoms with Crippen molar-refractivity contribution in [2.75, 3.05) is 33.6 Å². The topological polar surface area (TPSA) is 16.4 Å². The highest BCUT2D eigenvalue weighted by molar-refractivity contribution is 9.08. The summed E-state index contributed by atoms with van der Waals surface area (Å²) in [5, 5.41) is 3.02. The van der Waals surface area contributed by atoms with Crippen LogP contribution in [0.1, 0.15) is 0 Å². The Morgan fingerprint density at radius 2 is 1.83 bits per heavy atom. The van der Waals surface area contributed by atoms with Crippen molar-refractivity contribution in [1.82, 2.24) is 4.90 Å². The predicted molar refractivity (Wildman–Crippen MR) is 102 cm³/mol. The van der Waals surface area contributed by atoms with E-state index < -0.39 is 0 Å². The second-order valence-corrected chi connectivity index (χ2v) is 5.74. The van der Waals surface area contributed by atoms with Crippen LogP contribution in [0.2, 0.25) is 0 Å². The van der Waals surface area contributed by atoms with Gasteiger partial charge in [0.1, 0.15) is 11.6 Å². The van der Waals surface area contributed by atoms with Gasteiger partial charge in [-0.05, 0) is 50.3 Å². The largest absolute Gasteiger partial charge is 0.497 e. The Labute approximate surface area is 150 Å². The molecule has 0 aliphatic rings. The fraction of sp³-hybridized carbons (Fsp3) is 0.316. The van der Waals surface area contributed by atoms with Crippen molar-refractivity contribution in [1.29, 1.82) is 0 Å². The summed E-state index contributed by atoms with van der Waals surface area (Å²) in [6, 6.07) is 10.9. The van der Waals surface area contributed by atoms with Gasteiger partial charge in [0, 0.05) is 11.5 Å². The molecule has 24 heavy (non-hydrogen) atoms. The Bertz CT molecular complexity index is 836. The summed E-state index contributed by atoms with van der Waals surface area (Å²) in [6.07, 6.45) is 2.11. The van der Waals surface area contributed by atoms with Gasteiger partial charge in [0.2, 0.25) is 5.52 Å². The molecule has 3 aromatic rings.